The van der Waals surface area contributed by atoms with Crippen LogP contribution in [0.25, 0.3) is 10.9 Å². The van der Waals surface area contributed by atoms with Gasteiger partial charge in [0.15, 0.2) is 11.6 Å². The molecular weight excluding hydrogens is 377 g/mol. The van der Waals surface area contributed by atoms with Crippen molar-refractivity contribution in [1.29, 1.82) is 0 Å². The first-order chi connectivity index (χ1) is 14.0. The van der Waals surface area contributed by atoms with Crippen LogP contribution in [0.2, 0.25) is 0 Å². The van der Waals surface area contributed by atoms with Crippen LogP contribution in [0.1, 0.15) is 42.1 Å². The lowest BCUT2D eigenvalue weighted by Crippen LogP contribution is -2.40. The summed E-state index contributed by atoms with van der Waals surface area (Å²) in [6.07, 6.45) is 5.46. The number of hydrogen-bond acceptors (Lipinski definition) is 5. The zero-order chi connectivity index (χ0) is 20.3. The van der Waals surface area contributed by atoms with E-state index in [1.807, 2.05) is 9.47 Å². The quantitative estimate of drug-likeness (QED) is 0.819. The van der Waals surface area contributed by atoms with Gasteiger partial charge in [0.2, 0.25) is 5.43 Å². The maximum atomic E-state index is 15.5. The molecule has 3 fully saturated rings. The SMILES string of the molecule is COc1c(F)c(N2C[C@@H]3CCCN[C@@H]3C2)cc2c1c(=O)c(C(=O)O)cn2C1CC1. The van der Waals surface area contributed by atoms with Crippen molar-refractivity contribution in [2.24, 2.45) is 5.92 Å². The summed E-state index contributed by atoms with van der Waals surface area (Å²) in [5.74, 6) is -1.60. The summed E-state index contributed by atoms with van der Waals surface area (Å²) in [5.41, 5.74) is -0.101. The minimum absolute atomic E-state index is 0.00953. The Labute approximate surface area is 167 Å². The predicted octanol–water partition coefficient (Wildman–Crippen LogP) is 2.37. The van der Waals surface area contributed by atoms with Crippen LogP contribution in [0.5, 0.6) is 5.75 Å². The van der Waals surface area contributed by atoms with Crippen LogP contribution in [-0.4, -0.2) is 48.4 Å². The Morgan fingerprint density at radius 2 is 2.10 bits per heavy atom. The highest BCUT2D eigenvalue weighted by Crippen LogP contribution is 2.42. The van der Waals surface area contributed by atoms with Gasteiger partial charge in [0.25, 0.3) is 0 Å². The van der Waals surface area contributed by atoms with Crippen LogP contribution in [0.15, 0.2) is 17.1 Å². The van der Waals surface area contributed by atoms with Crippen molar-refractivity contribution >= 4 is 22.6 Å². The van der Waals surface area contributed by atoms with Crippen molar-refractivity contribution < 1.29 is 19.0 Å². The number of carboxylic acid groups (broad SMARTS) is 1. The van der Waals surface area contributed by atoms with Gasteiger partial charge in [0, 0.05) is 31.4 Å². The number of benzene rings is 1. The molecule has 7 nitrogen and oxygen atoms in total. The predicted molar refractivity (Wildman–Crippen MR) is 107 cm³/mol. The molecule has 2 atom stereocenters. The largest absolute Gasteiger partial charge is 0.493 e. The molecule has 8 heteroatoms. The fourth-order valence-corrected chi connectivity index (χ4v) is 4.90. The number of nitrogens with zero attached hydrogens (tertiary/aromatic N) is 2. The van der Waals surface area contributed by atoms with E-state index in [1.165, 1.54) is 13.3 Å². The molecule has 154 valence electrons. The molecule has 3 aliphatic rings. The number of carbonyl (C=O) groups is 1. The van der Waals surface area contributed by atoms with Gasteiger partial charge in [-0.3, -0.25) is 4.79 Å². The average molecular weight is 401 g/mol. The molecule has 0 radical (unpaired) electrons. The first kappa shape index (κ1) is 18.4. The summed E-state index contributed by atoms with van der Waals surface area (Å²) >= 11 is 0. The highest BCUT2D eigenvalue weighted by atomic mass is 19.1. The molecule has 0 spiro atoms. The number of piperidine rings is 1. The molecule has 1 aliphatic carbocycles. The number of nitrogens with one attached hydrogen (secondary N) is 1. The molecule has 0 unspecified atom stereocenters. The molecule has 3 heterocycles. The Balaban J connectivity index is 1.72. The molecule has 2 saturated heterocycles. The molecule has 0 amide bonds. The summed E-state index contributed by atoms with van der Waals surface area (Å²) in [7, 11) is 1.32. The number of hydrogen-bond donors (Lipinski definition) is 2. The number of methoxy groups -OCH3 is 1. The second-order valence-electron chi connectivity index (χ2n) is 8.32. The van der Waals surface area contributed by atoms with Crippen LogP contribution in [0.4, 0.5) is 10.1 Å². The number of aromatic carboxylic acids is 1. The van der Waals surface area contributed by atoms with E-state index < -0.39 is 17.2 Å². The Morgan fingerprint density at radius 1 is 1.31 bits per heavy atom. The van der Waals surface area contributed by atoms with E-state index in [1.54, 1.807) is 6.07 Å². The summed E-state index contributed by atoms with van der Waals surface area (Å²) in [6, 6.07) is 2.17. The smallest absolute Gasteiger partial charge is 0.341 e. The maximum Gasteiger partial charge on any atom is 0.341 e. The number of rotatable bonds is 4. The van der Waals surface area contributed by atoms with E-state index in [9.17, 15) is 14.7 Å². The maximum absolute atomic E-state index is 15.5. The Morgan fingerprint density at radius 3 is 2.76 bits per heavy atom. The van der Waals surface area contributed by atoms with E-state index in [2.05, 4.69) is 5.32 Å². The van der Waals surface area contributed by atoms with Crippen LogP contribution >= 0.6 is 0 Å². The number of ether oxygens (including phenoxy) is 1. The van der Waals surface area contributed by atoms with Crippen LogP contribution in [0, 0.1) is 11.7 Å². The van der Waals surface area contributed by atoms with Gasteiger partial charge < -0.3 is 24.6 Å². The topological polar surface area (TPSA) is 83.8 Å². The van der Waals surface area contributed by atoms with Gasteiger partial charge >= 0.3 is 5.97 Å². The zero-order valence-corrected chi connectivity index (χ0v) is 16.3. The van der Waals surface area contributed by atoms with Crippen molar-refractivity contribution in [3.63, 3.8) is 0 Å². The van der Waals surface area contributed by atoms with Gasteiger partial charge in [0.1, 0.15) is 5.56 Å². The van der Waals surface area contributed by atoms with Crippen LogP contribution < -0.4 is 20.4 Å². The minimum Gasteiger partial charge on any atom is -0.493 e. The zero-order valence-electron chi connectivity index (χ0n) is 16.3. The molecule has 2 aliphatic heterocycles. The fourth-order valence-electron chi connectivity index (χ4n) is 4.90. The van der Waals surface area contributed by atoms with Crippen molar-refractivity contribution in [3.05, 3.63) is 33.9 Å². The number of anilines is 1. The molecule has 0 bridgehead atoms. The summed E-state index contributed by atoms with van der Waals surface area (Å²) < 4.78 is 22.6. The minimum atomic E-state index is -1.31. The number of pyridine rings is 1. The lowest BCUT2D eigenvalue weighted by atomic mass is 9.94. The highest BCUT2D eigenvalue weighted by Gasteiger charge is 2.37. The van der Waals surface area contributed by atoms with E-state index in [0.717, 1.165) is 38.8 Å². The summed E-state index contributed by atoms with van der Waals surface area (Å²) in [4.78, 5) is 26.5. The first-order valence-electron chi connectivity index (χ1n) is 10.2. The third kappa shape index (κ3) is 2.88. The lowest BCUT2D eigenvalue weighted by molar-refractivity contribution is 0.0695. The first-order valence-corrected chi connectivity index (χ1v) is 10.2. The molecule has 29 heavy (non-hydrogen) atoms. The molecule has 1 aromatic heterocycles. The van der Waals surface area contributed by atoms with Gasteiger partial charge in [0.05, 0.1) is 23.7 Å². The standard InChI is InChI=1S/C21H24FN3O4/c1-29-20-17-15(25(12-4-5-12)9-13(19(17)26)21(27)28)7-16(18(20)22)24-8-11-3-2-6-23-14(11)10-24/h7,9,11-12,14,23H,2-6,8,10H2,1H3,(H,27,28)/t11-,14+/m0/s1. The summed E-state index contributed by atoms with van der Waals surface area (Å²) in [6.45, 7) is 2.44. The van der Waals surface area contributed by atoms with Crippen molar-refractivity contribution in [2.75, 3.05) is 31.6 Å². The molecule has 2 N–H and O–H groups in total. The number of carboxylic acids is 1. The highest BCUT2D eigenvalue weighted by molar-refractivity contribution is 5.96. The lowest BCUT2D eigenvalue weighted by Gasteiger charge is -2.24. The monoisotopic (exact) mass is 401 g/mol. The Hall–Kier alpha value is -2.61. The van der Waals surface area contributed by atoms with Gasteiger partial charge in [-0.1, -0.05) is 0 Å². The third-order valence-corrected chi connectivity index (χ3v) is 6.51. The average Bonchev–Trinajstić information content (AvgIpc) is 3.45. The van der Waals surface area contributed by atoms with Gasteiger partial charge in [-0.15, -0.1) is 0 Å². The van der Waals surface area contributed by atoms with Gasteiger partial charge in [-0.2, -0.15) is 0 Å². The summed E-state index contributed by atoms with van der Waals surface area (Å²) in [5, 5.41) is 13.0. The van der Waals surface area contributed by atoms with E-state index in [4.69, 9.17) is 4.74 Å². The van der Waals surface area contributed by atoms with E-state index >= 15 is 4.39 Å². The molecule has 1 aromatic carbocycles. The number of halogens is 1. The number of aromatic nitrogens is 1. The molecule has 1 saturated carbocycles. The van der Waals surface area contributed by atoms with Crippen molar-refractivity contribution in [2.45, 2.75) is 37.8 Å². The Bertz CT molecular complexity index is 1050. The van der Waals surface area contributed by atoms with E-state index in [0.29, 0.717) is 29.7 Å². The second kappa shape index (κ2) is 6.73. The number of fused-ring (bicyclic) bond motifs is 2. The molecular formula is C21H24FN3O4. The fraction of sp³-hybridized carbons (Fsp3) is 0.524. The van der Waals surface area contributed by atoms with Crippen LogP contribution in [0.3, 0.4) is 0 Å². The normalized spacial score (nSPS) is 24.0. The van der Waals surface area contributed by atoms with E-state index in [-0.39, 0.29) is 22.7 Å². The molecule has 5 rings (SSSR count). The van der Waals surface area contributed by atoms with Crippen LogP contribution in [-0.2, 0) is 0 Å². The van der Waals surface area contributed by atoms with Gasteiger partial charge in [-0.05, 0) is 44.2 Å². The van der Waals surface area contributed by atoms with Crippen molar-refractivity contribution in [3.8, 4) is 5.75 Å². The third-order valence-electron chi connectivity index (χ3n) is 6.51. The molecule has 2 aromatic rings. The van der Waals surface area contributed by atoms with Crippen molar-refractivity contribution in [1.82, 2.24) is 9.88 Å². The second-order valence-corrected chi connectivity index (χ2v) is 8.32. The Kier molecular flexibility index (Phi) is 4.27. The van der Waals surface area contributed by atoms with Gasteiger partial charge in [-0.25, -0.2) is 9.18 Å².